The lowest BCUT2D eigenvalue weighted by Crippen LogP contribution is -2.10. The predicted molar refractivity (Wildman–Crippen MR) is 135 cm³/mol. The summed E-state index contributed by atoms with van der Waals surface area (Å²) in [5.74, 6) is 1.60. The molecule has 0 saturated heterocycles. The van der Waals surface area contributed by atoms with E-state index in [0.717, 1.165) is 12.1 Å². The van der Waals surface area contributed by atoms with E-state index >= 15 is 0 Å². The predicted octanol–water partition coefficient (Wildman–Crippen LogP) is 7.72. The smallest absolute Gasteiger partial charge is 0.417 e. The molecule has 192 valence electrons. The van der Waals surface area contributed by atoms with Crippen LogP contribution in [-0.2, 0) is 23.8 Å². The molecule has 3 aromatic carbocycles. The number of carbonyl (C=O) groups excluding carboxylic acids is 1. The van der Waals surface area contributed by atoms with Crippen LogP contribution in [0.1, 0.15) is 16.7 Å². The maximum absolute atomic E-state index is 13.1. The molecule has 0 radical (unpaired) electrons. The number of ketones is 1. The van der Waals surface area contributed by atoms with Crippen molar-refractivity contribution in [3.8, 4) is 23.0 Å². The third-order valence-electron chi connectivity index (χ3n) is 5.56. The topological polar surface area (TPSA) is 57.7 Å². The normalized spacial score (nSPS) is 11.4. The molecule has 0 unspecified atom stereocenters. The first kappa shape index (κ1) is 26.6. The van der Waals surface area contributed by atoms with E-state index in [1.807, 2.05) is 0 Å². The van der Waals surface area contributed by atoms with Gasteiger partial charge in [-0.25, -0.2) is 0 Å². The molecule has 0 amide bonds. The summed E-state index contributed by atoms with van der Waals surface area (Å²) in [7, 11) is 3.06. The maximum atomic E-state index is 13.1. The highest BCUT2D eigenvalue weighted by Gasteiger charge is 2.33. The maximum Gasteiger partial charge on any atom is 0.417 e. The molecular formula is C27H20Cl2F3NO4. The summed E-state index contributed by atoms with van der Waals surface area (Å²) < 4.78 is 56.0. The highest BCUT2D eigenvalue weighted by atomic mass is 35.5. The molecule has 0 spiro atoms. The van der Waals surface area contributed by atoms with Crippen LogP contribution in [-0.4, -0.2) is 25.0 Å². The molecular weight excluding hydrogens is 530 g/mol. The highest BCUT2D eigenvalue weighted by Crippen LogP contribution is 2.39. The quantitative estimate of drug-likeness (QED) is 0.225. The molecule has 1 aromatic heterocycles. The van der Waals surface area contributed by atoms with Crippen molar-refractivity contribution < 1.29 is 32.2 Å². The number of nitrogens with zero attached hydrogens (tertiary/aromatic N) is 1. The Morgan fingerprint density at radius 1 is 0.811 bits per heavy atom. The van der Waals surface area contributed by atoms with Crippen LogP contribution in [0.25, 0.3) is 10.9 Å². The molecule has 0 saturated carbocycles. The number of hydrogen-bond donors (Lipinski definition) is 0. The van der Waals surface area contributed by atoms with Gasteiger partial charge < -0.3 is 14.2 Å². The first-order chi connectivity index (χ1) is 17.6. The molecule has 0 bridgehead atoms. The first-order valence-corrected chi connectivity index (χ1v) is 11.7. The molecule has 0 aliphatic heterocycles. The average Bonchev–Trinajstić information content (AvgIpc) is 2.85. The number of benzene rings is 3. The molecule has 4 rings (SSSR count). The van der Waals surface area contributed by atoms with Gasteiger partial charge in [0, 0.05) is 30.5 Å². The SMILES string of the molecule is COc1cc2nccc(Oc3ccc(CC(=O)Cc4ccc(Cl)c(C(F)(F)F)c4)cc3Cl)c2cc1OC. The summed E-state index contributed by atoms with van der Waals surface area (Å²) in [5, 5.41) is 0.531. The second-order valence-electron chi connectivity index (χ2n) is 8.10. The standard InChI is InChI=1S/C27H20Cl2F3NO4/c1-35-25-13-18-22(14-26(25)36-2)33-8-7-23(18)37-24-6-4-16(12-21(24)29)10-17(34)9-15-3-5-20(28)19(11-15)27(30,31)32/h3-8,11-14H,9-10H2,1-2H3. The Kier molecular flexibility index (Phi) is 7.80. The minimum absolute atomic E-state index is 0.0147. The van der Waals surface area contributed by atoms with Crippen LogP contribution in [0.2, 0.25) is 10.0 Å². The van der Waals surface area contributed by atoms with Crippen LogP contribution in [0.3, 0.4) is 0 Å². The zero-order valence-corrected chi connectivity index (χ0v) is 21.2. The number of Topliss-reactive ketones (excluding diaryl/α,β-unsaturated/α-hetero) is 1. The van der Waals surface area contributed by atoms with Gasteiger partial charge in [-0.2, -0.15) is 13.2 Å². The van der Waals surface area contributed by atoms with E-state index in [1.54, 1.807) is 42.6 Å². The Hall–Kier alpha value is -3.49. The van der Waals surface area contributed by atoms with E-state index in [4.69, 9.17) is 37.4 Å². The second kappa shape index (κ2) is 10.9. The zero-order valence-electron chi connectivity index (χ0n) is 19.7. The van der Waals surface area contributed by atoms with Crippen molar-refractivity contribution in [2.45, 2.75) is 19.0 Å². The fraction of sp³-hybridized carbons (Fsp3) is 0.185. The third-order valence-corrected chi connectivity index (χ3v) is 6.19. The fourth-order valence-electron chi connectivity index (χ4n) is 3.81. The van der Waals surface area contributed by atoms with Crippen LogP contribution < -0.4 is 14.2 Å². The molecule has 10 heteroatoms. The summed E-state index contributed by atoms with van der Waals surface area (Å²) in [6.45, 7) is 0. The Morgan fingerprint density at radius 3 is 2.11 bits per heavy atom. The largest absolute Gasteiger partial charge is 0.493 e. The molecule has 0 N–H and O–H groups in total. The first-order valence-electron chi connectivity index (χ1n) is 10.9. The van der Waals surface area contributed by atoms with E-state index in [9.17, 15) is 18.0 Å². The van der Waals surface area contributed by atoms with Crippen molar-refractivity contribution in [3.05, 3.63) is 87.5 Å². The molecule has 0 fully saturated rings. The number of fused-ring (bicyclic) bond motifs is 1. The Bertz CT molecular complexity index is 1470. The van der Waals surface area contributed by atoms with Gasteiger partial charge in [0.2, 0.25) is 0 Å². The minimum atomic E-state index is -4.60. The van der Waals surface area contributed by atoms with Gasteiger partial charge in [-0.3, -0.25) is 9.78 Å². The Balaban J connectivity index is 1.50. The van der Waals surface area contributed by atoms with E-state index in [2.05, 4.69) is 4.98 Å². The number of carbonyl (C=O) groups is 1. The summed E-state index contributed by atoms with van der Waals surface area (Å²) in [4.78, 5) is 16.9. The summed E-state index contributed by atoms with van der Waals surface area (Å²) in [6, 6.07) is 13.5. The number of rotatable bonds is 8. The second-order valence-corrected chi connectivity index (χ2v) is 8.92. The van der Waals surface area contributed by atoms with Gasteiger partial charge in [0.25, 0.3) is 0 Å². The number of methoxy groups -OCH3 is 2. The van der Waals surface area contributed by atoms with Gasteiger partial charge in [0.15, 0.2) is 11.5 Å². The lowest BCUT2D eigenvalue weighted by atomic mass is 10.0. The lowest BCUT2D eigenvalue weighted by molar-refractivity contribution is -0.137. The monoisotopic (exact) mass is 549 g/mol. The average molecular weight is 550 g/mol. The van der Waals surface area contributed by atoms with Crippen LogP contribution in [0.15, 0.2) is 60.8 Å². The zero-order chi connectivity index (χ0) is 26.7. The molecule has 1 heterocycles. The van der Waals surface area contributed by atoms with E-state index in [-0.39, 0.29) is 29.2 Å². The van der Waals surface area contributed by atoms with Crippen molar-refractivity contribution in [1.29, 1.82) is 0 Å². The lowest BCUT2D eigenvalue weighted by Gasteiger charge is -2.13. The Labute approximate surface area is 220 Å². The van der Waals surface area contributed by atoms with Crippen molar-refractivity contribution in [3.63, 3.8) is 0 Å². The highest BCUT2D eigenvalue weighted by molar-refractivity contribution is 6.32. The van der Waals surface area contributed by atoms with Crippen LogP contribution in [0.4, 0.5) is 13.2 Å². The molecule has 5 nitrogen and oxygen atoms in total. The molecule has 0 atom stereocenters. The number of aromatic nitrogens is 1. The minimum Gasteiger partial charge on any atom is -0.493 e. The van der Waals surface area contributed by atoms with Gasteiger partial charge >= 0.3 is 6.18 Å². The molecule has 0 aliphatic rings. The van der Waals surface area contributed by atoms with Gasteiger partial charge in [-0.15, -0.1) is 0 Å². The van der Waals surface area contributed by atoms with Crippen LogP contribution >= 0.6 is 23.2 Å². The number of pyridine rings is 1. The Morgan fingerprint density at radius 2 is 1.46 bits per heavy atom. The molecule has 4 aromatic rings. The van der Waals surface area contributed by atoms with Crippen LogP contribution in [0.5, 0.6) is 23.0 Å². The number of halogens is 5. The summed E-state index contributed by atoms with van der Waals surface area (Å²) in [5.41, 5.74) is 0.482. The van der Waals surface area contributed by atoms with Crippen molar-refractivity contribution in [2.24, 2.45) is 0 Å². The van der Waals surface area contributed by atoms with Gasteiger partial charge in [0.05, 0.1) is 35.3 Å². The van der Waals surface area contributed by atoms with Crippen LogP contribution in [0, 0.1) is 0 Å². The summed E-state index contributed by atoms with van der Waals surface area (Å²) >= 11 is 12.1. The van der Waals surface area contributed by atoms with Crippen molar-refractivity contribution >= 4 is 39.9 Å². The summed E-state index contributed by atoms with van der Waals surface area (Å²) in [6.07, 6.45) is -3.20. The van der Waals surface area contributed by atoms with E-state index in [0.29, 0.717) is 39.5 Å². The van der Waals surface area contributed by atoms with E-state index in [1.165, 1.54) is 20.3 Å². The molecule has 37 heavy (non-hydrogen) atoms. The van der Waals surface area contributed by atoms with Crippen molar-refractivity contribution in [2.75, 3.05) is 14.2 Å². The van der Waals surface area contributed by atoms with Crippen molar-refractivity contribution in [1.82, 2.24) is 4.98 Å². The third kappa shape index (κ3) is 6.09. The number of ether oxygens (including phenoxy) is 3. The molecule has 0 aliphatic carbocycles. The van der Waals surface area contributed by atoms with Gasteiger partial charge in [-0.05, 0) is 47.5 Å². The fourth-order valence-corrected chi connectivity index (χ4v) is 4.28. The van der Waals surface area contributed by atoms with E-state index < -0.39 is 16.8 Å². The number of hydrogen-bond acceptors (Lipinski definition) is 5. The van der Waals surface area contributed by atoms with Gasteiger partial charge in [0.1, 0.15) is 17.3 Å². The number of alkyl halides is 3. The van der Waals surface area contributed by atoms with Gasteiger partial charge in [-0.1, -0.05) is 35.3 Å².